The van der Waals surface area contributed by atoms with Crippen molar-refractivity contribution in [3.63, 3.8) is 0 Å². The van der Waals surface area contributed by atoms with E-state index in [4.69, 9.17) is 0 Å². The highest BCUT2D eigenvalue weighted by atomic mass is 16.2. The van der Waals surface area contributed by atoms with Crippen LogP contribution in [0.4, 0.5) is 5.69 Å². The van der Waals surface area contributed by atoms with E-state index in [2.05, 4.69) is 20.5 Å². The molecule has 2 aromatic heterocycles. The van der Waals surface area contributed by atoms with E-state index in [-0.39, 0.29) is 17.7 Å². The third-order valence-corrected chi connectivity index (χ3v) is 4.89. The Balaban J connectivity index is 1.42. The number of anilines is 1. The lowest BCUT2D eigenvalue weighted by atomic mass is 9.96. The molecule has 142 valence electrons. The van der Waals surface area contributed by atoms with Gasteiger partial charge in [-0.3, -0.25) is 19.7 Å². The molecule has 0 aliphatic carbocycles. The number of rotatable bonds is 4. The van der Waals surface area contributed by atoms with Crippen LogP contribution in [-0.4, -0.2) is 45.0 Å². The number of pyridine rings is 1. The quantitative estimate of drug-likeness (QED) is 0.733. The number of amides is 2. The van der Waals surface area contributed by atoms with Crippen molar-refractivity contribution in [3.05, 3.63) is 66.6 Å². The van der Waals surface area contributed by atoms with Gasteiger partial charge in [-0.1, -0.05) is 18.2 Å². The summed E-state index contributed by atoms with van der Waals surface area (Å²) < 4.78 is 0. The summed E-state index contributed by atoms with van der Waals surface area (Å²) in [7, 11) is 0. The van der Waals surface area contributed by atoms with Crippen LogP contribution in [0.2, 0.25) is 0 Å². The van der Waals surface area contributed by atoms with Gasteiger partial charge in [0.15, 0.2) is 0 Å². The molecule has 7 heteroatoms. The zero-order valence-electron chi connectivity index (χ0n) is 15.3. The Morgan fingerprint density at radius 2 is 2.00 bits per heavy atom. The Morgan fingerprint density at radius 3 is 2.79 bits per heavy atom. The standard InChI is InChI=1S/C21H21N5O2/c27-20(23-17-8-2-1-3-9-17)16-7-5-11-26(14-16)21(28)19-12-18(24-25-19)15-6-4-10-22-13-15/h1-4,6,8-10,12-13,16H,5,7,11,14H2,(H,23,27)(H,24,25). The molecular weight excluding hydrogens is 354 g/mol. The van der Waals surface area contributed by atoms with Gasteiger partial charge in [0.2, 0.25) is 5.91 Å². The number of aromatic amines is 1. The van der Waals surface area contributed by atoms with E-state index >= 15 is 0 Å². The van der Waals surface area contributed by atoms with Crippen molar-refractivity contribution in [3.8, 4) is 11.3 Å². The Labute approximate surface area is 162 Å². The first-order valence-electron chi connectivity index (χ1n) is 9.32. The number of piperidine rings is 1. The van der Waals surface area contributed by atoms with E-state index in [1.807, 2.05) is 42.5 Å². The number of nitrogens with one attached hydrogen (secondary N) is 2. The number of para-hydroxylation sites is 1. The molecule has 3 aromatic rings. The lowest BCUT2D eigenvalue weighted by Gasteiger charge is -2.31. The molecule has 3 heterocycles. The summed E-state index contributed by atoms with van der Waals surface area (Å²) in [5.74, 6) is -0.414. The summed E-state index contributed by atoms with van der Waals surface area (Å²) in [6.45, 7) is 1.04. The Hall–Kier alpha value is -3.48. The van der Waals surface area contributed by atoms with Crippen molar-refractivity contribution >= 4 is 17.5 Å². The smallest absolute Gasteiger partial charge is 0.271 e. The number of hydrogen-bond acceptors (Lipinski definition) is 4. The minimum atomic E-state index is -0.223. The molecule has 4 rings (SSSR count). The highest BCUT2D eigenvalue weighted by molar-refractivity contribution is 5.95. The number of nitrogens with zero attached hydrogens (tertiary/aromatic N) is 3. The number of benzene rings is 1. The van der Waals surface area contributed by atoms with Crippen molar-refractivity contribution in [2.24, 2.45) is 5.92 Å². The van der Waals surface area contributed by atoms with E-state index in [1.165, 1.54) is 0 Å². The van der Waals surface area contributed by atoms with Gasteiger partial charge in [0.1, 0.15) is 5.69 Å². The SMILES string of the molecule is O=C(Nc1ccccc1)C1CCCN(C(=O)c2cc(-c3cccnc3)n[nH]2)C1. The molecule has 1 aliphatic rings. The number of aromatic nitrogens is 3. The first-order chi connectivity index (χ1) is 13.7. The second-order valence-electron chi connectivity index (χ2n) is 6.85. The van der Waals surface area contributed by atoms with Crippen LogP contribution in [0.5, 0.6) is 0 Å². The minimum absolute atomic E-state index is 0.0515. The maximum atomic E-state index is 12.9. The van der Waals surface area contributed by atoms with Gasteiger partial charge in [0, 0.05) is 36.7 Å². The summed E-state index contributed by atoms with van der Waals surface area (Å²) in [5, 5.41) is 9.97. The van der Waals surface area contributed by atoms with Gasteiger partial charge < -0.3 is 10.2 Å². The molecule has 0 radical (unpaired) electrons. The van der Waals surface area contributed by atoms with Crippen molar-refractivity contribution in [2.45, 2.75) is 12.8 Å². The van der Waals surface area contributed by atoms with E-state index in [1.54, 1.807) is 23.4 Å². The van der Waals surface area contributed by atoms with Crippen LogP contribution in [0.15, 0.2) is 60.9 Å². The third kappa shape index (κ3) is 3.93. The zero-order valence-corrected chi connectivity index (χ0v) is 15.3. The molecule has 1 aliphatic heterocycles. The van der Waals surface area contributed by atoms with Crippen molar-refractivity contribution in [2.75, 3.05) is 18.4 Å². The number of carbonyl (C=O) groups excluding carboxylic acids is 2. The normalized spacial score (nSPS) is 16.6. The number of hydrogen-bond donors (Lipinski definition) is 2. The summed E-state index contributed by atoms with van der Waals surface area (Å²) in [4.78, 5) is 31.3. The molecule has 1 atom stereocenters. The first-order valence-corrected chi connectivity index (χ1v) is 9.32. The van der Waals surface area contributed by atoms with Crippen molar-refractivity contribution in [1.29, 1.82) is 0 Å². The molecule has 7 nitrogen and oxygen atoms in total. The van der Waals surface area contributed by atoms with E-state index < -0.39 is 0 Å². The second kappa shape index (κ2) is 8.04. The third-order valence-electron chi connectivity index (χ3n) is 4.89. The largest absolute Gasteiger partial charge is 0.337 e. The second-order valence-corrected chi connectivity index (χ2v) is 6.85. The van der Waals surface area contributed by atoms with Gasteiger partial charge in [-0.25, -0.2) is 0 Å². The first kappa shape index (κ1) is 17.9. The van der Waals surface area contributed by atoms with Crippen LogP contribution in [-0.2, 0) is 4.79 Å². The molecule has 1 aromatic carbocycles. The van der Waals surface area contributed by atoms with Crippen LogP contribution >= 0.6 is 0 Å². The monoisotopic (exact) mass is 375 g/mol. The fourth-order valence-electron chi connectivity index (χ4n) is 3.41. The van der Waals surface area contributed by atoms with Gasteiger partial charge in [0.05, 0.1) is 11.6 Å². The lowest BCUT2D eigenvalue weighted by Crippen LogP contribution is -2.43. The highest BCUT2D eigenvalue weighted by Crippen LogP contribution is 2.22. The topological polar surface area (TPSA) is 91.0 Å². The summed E-state index contributed by atoms with van der Waals surface area (Å²) >= 11 is 0. The van der Waals surface area contributed by atoms with Gasteiger partial charge in [0.25, 0.3) is 5.91 Å². The number of H-pyrrole nitrogens is 1. The molecule has 1 fully saturated rings. The van der Waals surface area contributed by atoms with Crippen LogP contribution < -0.4 is 5.32 Å². The van der Waals surface area contributed by atoms with Crippen LogP contribution in [0.25, 0.3) is 11.3 Å². The molecule has 1 unspecified atom stereocenters. The van der Waals surface area contributed by atoms with Gasteiger partial charge >= 0.3 is 0 Å². The van der Waals surface area contributed by atoms with E-state index in [9.17, 15) is 9.59 Å². The number of carbonyl (C=O) groups is 2. The fourth-order valence-corrected chi connectivity index (χ4v) is 3.41. The molecule has 2 amide bonds. The zero-order chi connectivity index (χ0) is 19.3. The van der Waals surface area contributed by atoms with Crippen LogP contribution in [0, 0.1) is 5.92 Å². The molecular formula is C21H21N5O2. The van der Waals surface area contributed by atoms with Crippen LogP contribution in [0.1, 0.15) is 23.3 Å². The molecule has 0 spiro atoms. The minimum Gasteiger partial charge on any atom is -0.337 e. The van der Waals surface area contributed by atoms with Crippen LogP contribution in [0.3, 0.4) is 0 Å². The predicted octanol–water partition coefficient (Wildman–Crippen LogP) is 2.96. The van der Waals surface area contributed by atoms with Gasteiger partial charge in [-0.2, -0.15) is 5.10 Å². The van der Waals surface area contributed by atoms with Gasteiger partial charge in [-0.15, -0.1) is 0 Å². The molecule has 2 N–H and O–H groups in total. The molecule has 0 saturated carbocycles. The maximum absolute atomic E-state index is 12.9. The predicted molar refractivity (Wildman–Crippen MR) is 106 cm³/mol. The van der Waals surface area contributed by atoms with E-state index in [0.29, 0.717) is 24.5 Å². The fraction of sp³-hybridized carbons (Fsp3) is 0.238. The highest BCUT2D eigenvalue weighted by Gasteiger charge is 2.29. The molecule has 1 saturated heterocycles. The average molecular weight is 375 g/mol. The average Bonchev–Trinajstić information content (AvgIpc) is 3.25. The maximum Gasteiger partial charge on any atom is 0.271 e. The van der Waals surface area contributed by atoms with Crippen molar-refractivity contribution < 1.29 is 9.59 Å². The summed E-state index contributed by atoms with van der Waals surface area (Å²) in [6, 6.07) is 14.8. The summed E-state index contributed by atoms with van der Waals surface area (Å²) in [5.41, 5.74) is 2.71. The molecule has 0 bridgehead atoms. The lowest BCUT2D eigenvalue weighted by molar-refractivity contribution is -0.121. The summed E-state index contributed by atoms with van der Waals surface area (Å²) in [6.07, 6.45) is 4.96. The van der Waals surface area contributed by atoms with Crippen molar-refractivity contribution in [1.82, 2.24) is 20.1 Å². The number of likely N-dealkylation sites (tertiary alicyclic amines) is 1. The van der Waals surface area contributed by atoms with E-state index in [0.717, 1.165) is 24.1 Å². The Kier molecular flexibility index (Phi) is 5.14. The Morgan fingerprint density at radius 1 is 1.14 bits per heavy atom. The van der Waals surface area contributed by atoms with Gasteiger partial charge in [-0.05, 0) is 43.2 Å². The Bertz CT molecular complexity index is 955. The molecule has 28 heavy (non-hydrogen) atoms.